The third-order valence-electron chi connectivity index (χ3n) is 5.29. The number of aliphatic imine (C=N–C) groups is 1. The summed E-state index contributed by atoms with van der Waals surface area (Å²) in [6.07, 6.45) is 7.68. The molecule has 0 aromatic carbocycles. The van der Waals surface area contributed by atoms with Crippen molar-refractivity contribution in [1.29, 1.82) is 0 Å². The van der Waals surface area contributed by atoms with Crippen molar-refractivity contribution in [2.24, 2.45) is 28.7 Å². The van der Waals surface area contributed by atoms with E-state index >= 15 is 0 Å². The van der Waals surface area contributed by atoms with Gasteiger partial charge in [0.15, 0.2) is 0 Å². The minimum atomic E-state index is 0.132. The first-order valence-electron chi connectivity index (χ1n) is 7.13. The summed E-state index contributed by atoms with van der Waals surface area (Å²) in [5.74, 6) is 3.11. The number of allylic oxidation sites excluding steroid dienone is 2. The summed E-state index contributed by atoms with van der Waals surface area (Å²) in [5.41, 5.74) is 1.72. The van der Waals surface area contributed by atoms with E-state index in [-0.39, 0.29) is 5.54 Å². The summed E-state index contributed by atoms with van der Waals surface area (Å²) in [6, 6.07) is 0. The number of rotatable bonds is 2. The van der Waals surface area contributed by atoms with E-state index in [0.29, 0.717) is 0 Å². The van der Waals surface area contributed by atoms with Crippen molar-refractivity contribution in [3.05, 3.63) is 11.6 Å². The Balaban J connectivity index is 2.32. The molecule has 2 aliphatic rings. The second-order valence-electron chi connectivity index (χ2n) is 6.70. The van der Waals surface area contributed by atoms with E-state index in [4.69, 9.17) is 0 Å². The molecular formula is C16H27N. The lowest BCUT2D eigenvalue weighted by Crippen LogP contribution is -2.47. The van der Waals surface area contributed by atoms with Crippen LogP contribution in [0.3, 0.4) is 0 Å². The van der Waals surface area contributed by atoms with Crippen molar-refractivity contribution >= 4 is 6.72 Å². The number of hydrogen-bond donors (Lipinski definition) is 0. The van der Waals surface area contributed by atoms with Crippen LogP contribution in [-0.4, -0.2) is 12.3 Å². The van der Waals surface area contributed by atoms with Gasteiger partial charge in [-0.25, -0.2) is 0 Å². The molecule has 0 saturated heterocycles. The van der Waals surface area contributed by atoms with Crippen molar-refractivity contribution in [1.82, 2.24) is 0 Å². The van der Waals surface area contributed by atoms with E-state index < -0.39 is 0 Å². The second kappa shape index (κ2) is 4.59. The number of fused-ring (bicyclic) bond motifs is 1. The van der Waals surface area contributed by atoms with E-state index in [2.05, 4.69) is 45.5 Å². The van der Waals surface area contributed by atoms with Gasteiger partial charge in [0.25, 0.3) is 0 Å². The monoisotopic (exact) mass is 233 g/mol. The molecule has 0 radical (unpaired) electrons. The lowest BCUT2D eigenvalue weighted by atomic mass is 9.57. The molecule has 1 saturated carbocycles. The van der Waals surface area contributed by atoms with Crippen LogP contribution in [-0.2, 0) is 0 Å². The molecule has 2 aliphatic carbocycles. The van der Waals surface area contributed by atoms with E-state index in [1.165, 1.54) is 25.7 Å². The Kier molecular flexibility index (Phi) is 3.47. The van der Waals surface area contributed by atoms with Gasteiger partial charge in [0.05, 0.1) is 5.54 Å². The molecule has 1 fully saturated rings. The quantitative estimate of drug-likeness (QED) is 0.492. The third kappa shape index (κ3) is 2.21. The zero-order valence-electron chi connectivity index (χ0n) is 11.9. The maximum Gasteiger partial charge on any atom is 0.0606 e. The predicted molar refractivity (Wildman–Crippen MR) is 75.5 cm³/mol. The van der Waals surface area contributed by atoms with Crippen LogP contribution in [0, 0.1) is 23.7 Å². The van der Waals surface area contributed by atoms with Crippen molar-refractivity contribution in [2.75, 3.05) is 0 Å². The molecule has 2 rings (SSSR count). The van der Waals surface area contributed by atoms with E-state index in [9.17, 15) is 0 Å². The molecule has 96 valence electrons. The molecule has 0 unspecified atom stereocenters. The molecule has 0 aliphatic heterocycles. The normalized spacial score (nSPS) is 41.9. The summed E-state index contributed by atoms with van der Waals surface area (Å²) < 4.78 is 0. The first-order valence-corrected chi connectivity index (χ1v) is 7.13. The fourth-order valence-corrected chi connectivity index (χ4v) is 4.06. The van der Waals surface area contributed by atoms with Gasteiger partial charge < -0.3 is 0 Å². The van der Waals surface area contributed by atoms with Gasteiger partial charge in [0, 0.05) is 0 Å². The molecule has 1 nitrogen and oxygen atoms in total. The van der Waals surface area contributed by atoms with Crippen molar-refractivity contribution in [3.8, 4) is 0 Å². The summed E-state index contributed by atoms with van der Waals surface area (Å²) in [5, 5.41) is 0. The average molecular weight is 233 g/mol. The maximum atomic E-state index is 4.50. The van der Waals surface area contributed by atoms with Crippen LogP contribution in [0.2, 0.25) is 0 Å². The molecule has 0 aromatic rings. The van der Waals surface area contributed by atoms with Crippen LogP contribution >= 0.6 is 0 Å². The van der Waals surface area contributed by atoms with Gasteiger partial charge in [-0.3, -0.25) is 4.99 Å². The number of nitrogens with zero attached hydrogens (tertiary/aromatic N) is 1. The van der Waals surface area contributed by atoms with Crippen molar-refractivity contribution in [2.45, 2.75) is 58.9 Å². The summed E-state index contributed by atoms with van der Waals surface area (Å²) >= 11 is 0. The standard InChI is InChI=1S/C16H27N/c1-11(2)13-8-9-16(4,17-5)15-7-6-12(3)10-14(13)15/h10-11,13-15H,5-9H2,1-4H3/t13-,14-,15-,16+/m0/s1. The predicted octanol–water partition coefficient (Wildman–Crippen LogP) is 4.48. The fraction of sp³-hybridized carbons (Fsp3) is 0.812. The summed E-state index contributed by atoms with van der Waals surface area (Å²) in [7, 11) is 0. The van der Waals surface area contributed by atoms with Crippen LogP contribution in [0.1, 0.15) is 53.4 Å². The van der Waals surface area contributed by atoms with Gasteiger partial charge in [0.1, 0.15) is 0 Å². The summed E-state index contributed by atoms with van der Waals surface area (Å²) in [4.78, 5) is 4.50. The SMILES string of the molecule is C=N[C@]1(C)CC[C@@H](C(C)C)[C@@H]2C=C(C)CC[C@@H]21. The third-order valence-corrected chi connectivity index (χ3v) is 5.29. The minimum absolute atomic E-state index is 0.132. The van der Waals surface area contributed by atoms with Gasteiger partial charge in [0.2, 0.25) is 0 Å². The highest BCUT2D eigenvalue weighted by atomic mass is 14.9. The zero-order valence-corrected chi connectivity index (χ0v) is 11.9. The van der Waals surface area contributed by atoms with Gasteiger partial charge >= 0.3 is 0 Å². The van der Waals surface area contributed by atoms with E-state index in [1.54, 1.807) is 5.57 Å². The molecule has 0 bridgehead atoms. The minimum Gasteiger partial charge on any atom is -0.294 e. The summed E-state index contributed by atoms with van der Waals surface area (Å²) in [6.45, 7) is 13.2. The van der Waals surface area contributed by atoms with E-state index in [1.807, 2.05) is 0 Å². The van der Waals surface area contributed by atoms with Crippen LogP contribution in [0.15, 0.2) is 16.6 Å². The second-order valence-corrected chi connectivity index (χ2v) is 6.70. The fourth-order valence-electron chi connectivity index (χ4n) is 4.06. The van der Waals surface area contributed by atoms with Crippen LogP contribution in [0.5, 0.6) is 0 Å². The van der Waals surface area contributed by atoms with E-state index in [0.717, 1.165) is 23.7 Å². The number of hydrogen-bond acceptors (Lipinski definition) is 1. The molecular weight excluding hydrogens is 206 g/mol. The lowest BCUT2D eigenvalue weighted by Gasteiger charge is -2.50. The molecule has 0 amide bonds. The lowest BCUT2D eigenvalue weighted by molar-refractivity contribution is 0.0685. The Morgan fingerprint density at radius 3 is 2.71 bits per heavy atom. The Labute approximate surface area is 106 Å². The molecule has 1 heteroatoms. The van der Waals surface area contributed by atoms with Gasteiger partial charge in [-0.2, -0.15) is 0 Å². The molecule has 0 aromatic heterocycles. The Morgan fingerprint density at radius 2 is 2.12 bits per heavy atom. The zero-order chi connectivity index (χ0) is 12.6. The molecule has 17 heavy (non-hydrogen) atoms. The van der Waals surface area contributed by atoms with Gasteiger partial charge in [-0.05, 0) is 69.9 Å². The first kappa shape index (κ1) is 12.9. The molecule has 0 heterocycles. The molecule has 4 atom stereocenters. The highest BCUT2D eigenvalue weighted by Crippen LogP contribution is 2.51. The maximum absolute atomic E-state index is 4.50. The average Bonchev–Trinajstić information content (AvgIpc) is 2.28. The molecule has 0 N–H and O–H groups in total. The Hall–Kier alpha value is -0.590. The van der Waals surface area contributed by atoms with Crippen molar-refractivity contribution in [3.63, 3.8) is 0 Å². The highest BCUT2D eigenvalue weighted by molar-refractivity contribution is 5.28. The highest BCUT2D eigenvalue weighted by Gasteiger charge is 2.46. The molecule has 0 spiro atoms. The van der Waals surface area contributed by atoms with Gasteiger partial charge in [-0.1, -0.05) is 25.5 Å². The Bertz CT molecular complexity index is 328. The first-order chi connectivity index (χ1) is 7.98. The van der Waals surface area contributed by atoms with Crippen LogP contribution in [0.25, 0.3) is 0 Å². The van der Waals surface area contributed by atoms with Gasteiger partial charge in [-0.15, -0.1) is 0 Å². The van der Waals surface area contributed by atoms with Crippen LogP contribution < -0.4 is 0 Å². The Morgan fingerprint density at radius 1 is 1.41 bits per heavy atom. The largest absolute Gasteiger partial charge is 0.294 e. The van der Waals surface area contributed by atoms with Crippen molar-refractivity contribution < 1.29 is 0 Å². The van der Waals surface area contributed by atoms with Crippen LogP contribution in [0.4, 0.5) is 0 Å². The smallest absolute Gasteiger partial charge is 0.0606 e. The topological polar surface area (TPSA) is 12.4 Å².